The summed E-state index contributed by atoms with van der Waals surface area (Å²) in [4.78, 5) is 11.9. The summed E-state index contributed by atoms with van der Waals surface area (Å²) in [5, 5.41) is 10.1. The summed E-state index contributed by atoms with van der Waals surface area (Å²) in [6, 6.07) is 9.88. The maximum atomic E-state index is 11.9. The Morgan fingerprint density at radius 1 is 1.38 bits per heavy atom. The first-order chi connectivity index (χ1) is 11.2. The summed E-state index contributed by atoms with van der Waals surface area (Å²) in [6.45, 7) is 4.61. The van der Waals surface area contributed by atoms with Gasteiger partial charge in [-0.05, 0) is 6.92 Å². The molecule has 1 atom stereocenters. The molecule has 0 bridgehead atoms. The lowest BCUT2D eigenvalue weighted by molar-refractivity contribution is -0.124. The highest BCUT2D eigenvalue weighted by atomic mass is 35.5. The molecule has 1 fully saturated rings. The number of aryl methyl sites for hydroxylation is 1. The molecule has 2 heterocycles. The number of carbonyl (C=O) groups is 1. The van der Waals surface area contributed by atoms with Crippen LogP contribution in [0.4, 0.5) is 0 Å². The molecule has 1 saturated heterocycles. The van der Waals surface area contributed by atoms with E-state index in [0.29, 0.717) is 31.0 Å². The van der Waals surface area contributed by atoms with Crippen LogP contribution >= 0.6 is 12.4 Å². The van der Waals surface area contributed by atoms with E-state index < -0.39 is 0 Å². The van der Waals surface area contributed by atoms with Gasteiger partial charge in [0.1, 0.15) is 5.69 Å². The molecule has 0 saturated carbocycles. The predicted molar refractivity (Wildman–Crippen MR) is 93.0 cm³/mol. The molecule has 2 N–H and O–H groups in total. The van der Waals surface area contributed by atoms with Crippen LogP contribution < -0.4 is 10.6 Å². The number of amides is 1. The molecule has 1 aliphatic rings. The van der Waals surface area contributed by atoms with Gasteiger partial charge in [-0.3, -0.25) is 4.79 Å². The van der Waals surface area contributed by atoms with Crippen molar-refractivity contribution in [2.75, 3.05) is 19.7 Å². The average Bonchev–Trinajstić information content (AvgIpc) is 3.04. The Labute approximate surface area is 147 Å². The Morgan fingerprint density at radius 3 is 2.88 bits per heavy atom. The lowest BCUT2D eigenvalue weighted by atomic mass is 10.1. The number of nitrogens with one attached hydrogen (secondary N) is 2. The first-order valence-electron chi connectivity index (χ1n) is 7.82. The molecule has 7 heteroatoms. The van der Waals surface area contributed by atoms with Crippen molar-refractivity contribution < 1.29 is 14.1 Å². The van der Waals surface area contributed by atoms with Gasteiger partial charge in [-0.2, -0.15) is 0 Å². The number of ether oxygens (including phenoxy) is 1. The van der Waals surface area contributed by atoms with Gasteiger partial charge in [0, 0.05) is 24.7 Å². The SMILES string of the molecule is Cc1ccc(-c2cc(CNC(=O)CC3CNCCO3)no2)cc1.Cl. The second-order valence-electron chi connectivity index (χ2n) is 5.73. The maximum absolute atomic E-state index is 11.9. The molecule has 1 amide bonds. The van der Waals surface area contributed by atoms with E-state index in [9.17, 15) is 4.79 Å². The van der Waals surface area contributed by atoms with Crippen molar-refractivity contribution in [3.8, 4) is 11.3 Å². The highest BCUT2D eigenvalue weighted by Crippen LogP contribution is 2.20. The van der Waals surface area contributed by atoms with Crippen molar-refractivity contribution in [1.29, 1.82) is 0 Å². The van der Waals surface area contributed by atoms with Gasteiger partial charge in [0.15, 0.2) is 5.76 Å². The molecule has 2 aromatic rings. The van der Waals surface area contributed by atoms with Gasteiger partial charge in [0.25, 0.3) is 0 Å². The summed E-state index contributed by atoms with van der Waals surface area (Å²) in [6.07, 6.45) is 0.305. The Morgan fingerprint density at radius 2 is 2.17 bits per heavy atom. The van der Waals surface area contributed by atoms with Gasteiger partial charge in [-0.25, -0.2) is 0 Å². The van der Waals surface area contributed by atoms with Crippen LogP contribution in [0.1, 0.15) is 17.7 Å². The lowest BCUT2D eigenvalue weighted by Gasteiger charge is -2.22. The number of halogens is 1. The molecular weight excluding hydrogens is 330 g/mol. The van der Waals surface area contributed by atoms with E-state index in [2.05, 4.69) is 15.8 Å². The van der Waals surface area contributed by atoms with E-state index in [1.54, 1.807) is 0 Å². The van der Waals surface area contributed by atoms with Crippen LogP contribution in [-0.4, -0.2) is 36.9 Å². The van der Waals surface area contributed by atoms with Crippen LogP contribution in [-0.2, 0) is 16.1 Å². The van der Waals surface area contributed by atoms with Gasteiger partial charge in [0.05, 0.1) is 25.7 Å². The van der Waals surface area contributed by atoms with E-state index >= 15 is 0 Å². The van der Waals surface area contributed by atoms with Crippen molar-refractivity contribution in [3.05, 3.63) is 41.6 Å². The van der Waals surface area contributed by atoms with E-state index in [0.717, 1.165) is 18.7 Å². The predicted octanol–water partition coefficient (Wildman–Crippen LogP) is 2.07. The smallest absolute Gasteiger partial charge is 0.222 e. The Balaban J connectivity index is 0.00000208. The average molecular weight is 352 g/mol. The van der Waals surface area contributed by atoms with Crippen LogP contribution in [0.5, 0.6) is 0 Å². The summed E-state index contributed by atoms with van der Waals surface area (Å²) in [5.41, 5.74) is 2.87. The zero-order chi connectivity index (χ0) is 16.1. The van der Waals surface area contributed by atoms with Crippen molar-refractivity contribution in [2.45, 2.75) is 26.0 Å². The monoisotopic (exact) mass is 351 g/mol. The minimum atomic E-state index is -0.0517. The second kappa shape index (κ2) is 8.82. The fraction of sp³-hybridized carbons (Fsp3) is 0.412. The van der Waals surface area contributed by atoms with Crippen molar-refractivity contribution in [2.24, 2.45) is 0 Å². The maximum Gasteiger partial charge on any atom is 0.222 e. The number of nitrogens with zero attached hydrogens (tertiary/aromatic N) is 1. The van der Waals surface area contributed by atoms with Crippen LogP contribution in [0.2, 0.25) is 0 Å². The molecule has 1 aromatic heterocycles. The van der Waals surface area contributed by atoms with E-state index in [1.807, 2.05) is 37.3 Å². The molecule has 1 aromatic carbocycles. The number of aromatic nitrogens is 1. The fourth-order valence-electron chi connectivity index (χ4n) is 2.47. The summed E-state index contributed by atoms with van der Waals surface area (Å²) < 4.78 is 10.9. The van der Waals surface area contributed by atoms with Gasteiger partial charge in [-0.1, -0.05) is 35.0 Å². The zero-order valence-corrected chi connectivity index (χ0v) is 14.4. The van der Waals surface area contributed by atoms with Gasteiger partial charge in [0.2, 0.25) is 5.91 Å². The van der Waals surface area contributed by atoms with Crippen molar-refractivity contribution in [1.82, 2.24) is 15.8 Å². The standard InChI is InChI=1S/C17H21N3O3.ClH/c1-12-2-4-13(5-3-12)16-8-14(20-23-16)10-19-17(21)9-15-11-18-6-7-22-15;/h2-5,8,15,18H,6-7,9-11H2,1H3,(H,19,21);1H. The number of hydrogen-bond acceptors (Lipinski definition) is 5. The van der Waals surface area contributed by atoms with Crippen LogP contribution in [0.15, 0.2) is 34.9 Å². The summed E-state index contributed by atoms with van der Waals surface area (Å²) in [7, 11) is 0. The van der Waals surface area contributed by atoms with Crippen LogP contribution in [0, 0.1) is 6.92 Å². The third-order valence-electron chi connectivity index (χ3n) is 3.78. The minimum absolute atomic E-state index is 0. The second-order valence-corrected chi connectivity index (χ2v) is 5.73. The molecule has 130 valence electrons. The van der Waals surface area contributed by atoms with Gasteiger partial charge < -0.3 is 19.9 Å². The third kappa shape index (κ3) is 5.06. The molecule has 0 radical (unpaired) electrons. The topological polar surface area (TPSA) is 76.4 Å². The van der Waals surface area contributed by atoms with Crippen molar-refractivity contribution in [3.63, 3.8) is 0 Å². The van der Waals surface area contributed by atoms with E-state index in [4.69, 9.17) is 9.26 Å². The molecule has 0 spiro atoms. The van der Waals surface area contributed by atoms with Crippen molar-refractivity contribution >= 4 is 18.3 Å². The number of rotatable bonds is 5. The normalized spacial score (nSPS) is 17.1. The molecule has 0 aliphatic carbocycles. The van der Waals surface area contributed by atoms with Crippen LogP contribution in [0.25, 0.3) is 11.3 Å². The molecule has 3 rings (SSSR count). The number of carbonyl (C=O) groups excluding carboxylic acids is 1. The lowest BCUT2D eigenvalue weighted by Crippen LogP contribution is -2.41. The van der Waals surface area contributed by atoms with Crippen LogP contribution in [0.3, 0.4) is 0 Å². The van der Waals surface area contributed by atoms with E-state index in [1.165, 1.54) is 5.56 Å². The molecule has 6 nitrogen and oxygen atoms in total. The fourth-order valence-corrected chi connectivity index (χ4v) is 2.47. The van der Waals surface area contributed by atoms with Gasteiger partial charge >= 0.3 is 0 Å². The highest BCUT2D eigenvalue weighted by Gasteiger charge is 2.17. The molecule has 1 unspecified atom stereocenters. The largest absolute Gasteiger partial charge is 0.375 e. The zero-order valence-electron chi connectivity index (χ0n) is 13.6. The number of hydrogen-bond donors (Lipinski definition) is 2. The first kappa shape index (κ1) is 18.4. The molecular formula is C17H22ClN3O3. The van der Waals surface area contributed by atoms with Gasteiger partial charge in [-0.15, -0.1) is 12.4 Å². The molecule has 1 aliphatic heterocycles. The Hall–Kier alpha value is -1.89. The number of morpholine rings is 1. The summed E-state index contributed by atoms with van der Waals surface area (Å²) in [5.74, 6) is 0.660. The van der Waals surface area contributed by atoms with E-state index in [-0.39, 0.29) is 24.4 Å². The molecule has 24 heavy (non-hydrogen) atoms. The highest BCUT2D eigenvalue weighted by molar-refractivity contribution is 5.85. The quantitative estimate of drug-likeness (QED) is 0.862. The number of benzene rings is 1. The third-order valence-corrected chi connectivity index (χ3v) is 3.78. The Kier molecular flexibility index (Phi) is 6.78. The summed E-state index contributed by atoms with van der Waals surface area (Å²) >= 11 is 0. The first-order valence-corrected chi connectivity index (χ1v) is 7.82. The minimum Gasteiger partial charge on any atom is -0.375 e. The Bertz CT molecular complexity index is 651.